The van der Waals surface area contributed by atoms with E-state index in [0.717, 1.165) is 0 Å². The molecule has 1 saturated heterocycles. The molecule has 3 heterocycles. The lowest BCUT2D eigenvalue weighted by Crippen LogP contribution is -2.43. The number of furan rings is 1. The fourth-order valence-electron chi connectivity index (χ4n) is 4.01. The van der Waals surface area contributed by atoms with Gasteiger partial charge in [0.05, 0.1) is 19.9 Å². The Kier molecular flexibility index (Phi) is 5.86. The Labute approximate surface area is 181 Å². The van der Waals surface area contributed by atoms with Crippen LogP contribution in [0.5, 0.6) is 5.75 Å². The van der Waals surface area contributed by atoms with E-state index in [0.29, 0.717) is 61.0 Å². The van der Waals surface area contributed by atoms with Gasteiger partial charge in [0.2, 0.25) is 5.91 Å². The number of sulfonamides is 1. The average Bonchev–Trinajstić information content (AvgIpc) is 3.38. The Hall–Kier alpha value is -3.07. The number of benzene rings is 1. The molecule has 0 atom stereocenters. The molecule has 0 unspecified atom stereocenters. The largest absolute Gasteiger partial charge is 0.497 e. The van der Waals surface area contributed by atoms with Crippen LogP contribution in [-0.2, 0) is 21.4 Å². The van der Waals surface area contributed by atoms with E-state index in [2.05, 4.69) is 9.71 Å². The molecule has 0 spiro atoms. The number of amidine groups is 1. The van der Waals surface area contributed by atoms with Crippen molar-refractivity contribution in [2.75, 3.05) is 20.2 Å². The Morgan fingerprint density at radius 2 is 1.94 bits per heavy atom. The summed E-state index contributed by atoms with van der Waals surface area (Å²) in [6.45, 7) is 3.29. The first kappa shape index (κ1) is 21.2. The predicted octanol–water partition coefficient (Wildman–Crippen LogP) is 2.79. The van der Waals surface area contributed by atoms with Crippen molar-refractivity contribution in [2.24, 2.45) is 10.3 Å². The summed E-state index contributed by atoms with van der Waals surface area (Å²) in [4.78, 5) is 14.6. The summed E-state index contributed by atoms with van der Waals surface area (Å²) < 4.78 is 40.0. The van der Waals surface area contributed by atoms with Crippen LogP contribution in [0, 0.1) is 5.92 Å². The molecule has 4 rings (SSSR count). The van der Waals surface area contributed by atoms with Gasteiger partial charge in [-0.25, -0.2) is 0 Å². The minimum atomic E-state index is -3.78. The summed E-state index contributed by atoms with van der Waals surface area (Å²) in [5.41, 5.74) is 1.22. The van der Waals surface area contributed by atoms with Crippen LogP contribution in [0.4, 0.5) is 0 Å². The molecular weight excluding hydrogens is 418 g/mol. The fourth-order valence-corrected chi connectivity index (χ4v) is 5.49. The molecule has 2 aromatic rings. The predicted molar refractivity (Wildman–Crippen MR) is 117 cm³/mol. The summed E-state index contributed by atoms with van der Waals surface area (Å²) in [7, 11) is -2.21. The monoisotopic (exact) mass is 443 g/mol. The number of methoxy groups -OCH3 is 1. The normalized spacial score (nSPS) is 18.8. The lowest BCUT2D eigenvalue weighted by atomic mass is 9.95. The molecule has 31 heavy (non-hydrogen) atoms. The topological polar surface area (TPSA) is 101 Å². The molecule has 0 radical (unpaired) electrons. The third kappa shape index (κ3) is 4.36. The number of hydrogen-bond donors (Lipinski definition) is 1. The number of nitrogens with one attached hydrogen (secondary N) is 1. The molecule has 2 aliphatic heterocycles. The molecule has 8 nitrogen and oxygen atoms in total. The number of likely N-dealkylation sites (tertiary alicyclic amines) is 1. The maximum absolute atomic E-state index is 12.8. The summed E-state index contributed by atoms with van der Waals surface area (Å²) in [6.07, 6.45) is 2.84. The lowest BCUT2D eigenvalue weighted by molar-refractivity contribution is -0.126. The second-order valence-corrected chi connectivity index (χ2v) is 9.17. The number of piperidine rings is 1. The van der Waals surface area contributed by atoms with E-state index in [4.69, 9.17) is 9.15 Å². The van der Waals surface area contributed by atoms with E-state index in [1.54, 1.807) is 50.6 Å². The second kappa shape index (κ2) is 8.58. The van der Waals surface area contributed by atoms with Crippen molar-refractivity contribution in [3.63, 3.8) is 0 Å². The molecule has 164 valence electrons. The lowest BCUT2D eigenvalue weighted by Gasteiger charge is -2.32. The number of ether oxygens (including phenoxy) is 1. The van der Waals surface area contributed by atoms with Gasteiger partial charge in [-0.1, -0.05) is 0 Å². The fraction of sp³-hybridized carbons (Fsp3) is 0.364. The molecule has 1 aromatic heterocycles. The standard InChI is InChI=1S/C22H25N3O5S/c1-15-20(16-5-7-18(29-2)8-6-16)31(27,28)24-21(15)25-11-9-17(10-12-25)22(26)23-14-19-4-3-13-30-19/h3-8,13,17H,9-12,14H2,1-2H3,(H,23,26). The third-order valence-electron chi connectivity index (χ3n) is 5.68. The van der Waals surface area contributed by atoms with Crippen LogP contribution in [0.25, 0.3) is 4.91 Å². The van der Waals surface area contributed by atoms with Gasteiger partial charge in [0.15, 0.2) is 0 Å². The Morgan fingerprint density at radius 1 is 1.23 bits per heavy atom. The Bertz CT molecular complexity index is 1110. The minimum Gasteiger partial charge on any atom is -0.497 e. The van der Waals surface area contributed by atoms with E-state index >= 15 is 0 Å². The molecule has 9 heteroatoms. The van der Waals surface area contributed by atoms with E-state index < -0.39 is 10.0 Å². The van der Waals surface area contributed by atoms with Crippen molar-refractivity contribution in [1.29, 1.82) is 0 Å². The van der Waals surface area contributed by atoms with Crippen LogP contribution in [-0.4, -0.2) is 45.3 Å². The summed E-state index contributed by atoms with van der Waals surface area (Å²) in [5, 5.41) is 2.90. The smallest absolute Gasteiger partial charge is 0.285 e. The molecule has 1 amide bonds. The number of hydrogen-bond acceptors (Lipinski definition) is 6. The highest BCUT2D eigenvalue weighted by atomic mass is 32.2. The van der Waals surface area contributed by atoms with Crippen molar-refractivity contribution < 1.29 is 22.4 Å². The Balaban J connectivity index is 1.43. The number of carbonyl (C=O) groups excluding carboxylic acids is 1. The van der Waals surface area contributed by atoms with Crippen molar-refractivity contribution in [3.8, 4) is 5.75 Å². The number of nitrogens with zero attached hydrogens (tertiary/aromatic N) is 2. The van der Waals surface area contributed by atoms with Crippen molar-refractivity contribution in [2.45, 2.75) is 26.3 Å². The van der Waals surface area contributed by atoms with Crippen LogP contribution < -0.4 is 10.1 Å². The molecule has 1 N–H and O–H groups in total. The molecule has 1 aromatic carbocycles. The molecule has 2 aliphatic rings. The SMILES string of the molecule is COc1ccc(C2=C(C)C(N3CCC(C(=O)NCc4ccco4)CC3)=NS2(=O)=O)cc1. The highest BCUT2D eigenvalue weighted by Crippen LogP contribution is 2.35. The zero-order valence-corrected chi connectivity index (χ0v) is 18.3. The number of rotatable bonds is 5. The van der Waals surface area contributed by atoms with Crippen LogP contribution in [0.2, 0.25) is 0 Å². The highest BCUT2D eigenvalue weighted by Gasteiger charge is 2.35. The highest BCUT2D eigenvalue weighted by molar-refractivity contribution is 8.00. The molecule has 0 aliphatic carbocycles. The molecule has 0 bridgehead atoms. The van der Waals surface area contributed by atoms with E-state index in [9.17, 15) is 13.2 Å². The van der Waals surface area contributed by atoms with E-state index in [1.807, 2.05) is 11.0 Å². The van der Waals surface area contributed by atoms with Gasteiger partial charge in [-0.3, -0.25) is 4.79 Å². The van der Waals surface area contributed by atoms with Gasteiger partial charge in [-0.15, -0.1) is 4.40 Å². The summed E-state index contributed by atoms with van der Waals surface area (Å²) in [6, 6.07) is 10.5. The van der Waals surface area contributed by atoms with Gasteiger partial charge < -0.3 is 19.4 Å². The number of carbonyl (C=O) groups is 1. The van der Waals surface area contributed by atoms with Crippen molar-refractivity contribution in [3.05, 3.63) is 59.6 Å². The van der Waals surface area contributed by atoms with Gasteiger partial charge in [-0.05, 0) is 61.7 Å². The van der Waals surface area contributed by atoms with Crippen molar-refractivity contribution >= 4 is 26.7 Å². The zero-order chi connectivity index (χ0) is 22.0. The van der Waals surface area contributed by atoms with Crippen LogP contribution >= 0.6 is 0 Å². The van der Waals surface area contributed by atoms with Gasteiger partial charge in [0.25, 0.3) is 10.0 Å². The number of amides is 1. The quantitative estimate of drug-likeness (QED) is 0.763. The first-order valence-corrected chi connectivity index (χ1v) is 11.6. The van der Waals surface area contributed by atoms with Gasteiger partial charge in [0, 0.05) is 24.6 Å². The Morgan fingerprint density at radius 3 is 2.55 bits per heavy atom. The first-order valence-electron chi connectivity index (χ1n) is 10.1. The van der Waals surface area contributed by atoms with Crippen LogP contribution in [0.1, 0.15) is 31.1 Å². The van der Waals surface area contributed by atoms with Crippen molar-refractivity contribution in [1.82, 2.24) is 10.2 Å². The van der Waals surface area contributed by atoms with Gasteiger partial charge >= 0.3 is 0 Å². The average molecular weight is 444 g/mol. The first-order chi connectivity index (χ1) is 14.9. The third-order valence-corrected chi connectivity index (χ3v) is 7.15. The second-order valence-electron chi connectivity index (χ2n) is 7.63. The zero-order valence-electron chi connectivity index (χ0n) is 17.5. The van der Waals surface area contributed by atoms with Gasteiger partial charge in [0.1, 0.15) is 22.3 Å². The molecule has 0 saturated carbocycles. The maximum atomic E-state index is 12.8. The van der Waals surface area contributed by atoms with Crippen LogP contribution in [0.15, 0.2) is 57.0 Å². The molecular formula is C22H25N3O5S. The van der Waals surface area contributed by atoms with E-state index in [-0.39, 0.29) is 16.7 Å². The summed E-state index contributed by atoms with van der Waals surface area (Å²) in [5.74, 6) is 1.72. The minimum absolute atomic E-state index is 0.0109. The summed E-state index contributed by atoms with van der Waals surface area (Å²) >= 11 is 0. The van der Waals surface area contributed by atoms with Gasteiger partial charge in [-0.2, -0.15) is 8.42 Å². The molecule has 1 fully saturated rings. The maximum Gasteiger partial charge on any atom is 0.285 e. The van der Waals surface area contributed by atoms with Crippen LogP contribution in [0.3, 0.4) is 0 Å². The van der Waals surface area contributed by atoms with E-state index in [1.165, 1.54) is 0 Å².